The molecule has 0 saturated carbocycles. The van der Waals surface area contributed by atoms with E-state index >= 15 is 0 Å². The fourth-order valence-electron chi connectivity index (χ4n) is 1.53. The van der Waals surface area contributed by atoms with Gasteiger partial charge in [0.15, 0.2) is 0 Å². The SMILES string of the molecule is Cc1cc(C)cc(NS(=O)(=O)N2CC2)c1. The molecule has 0 aliphatic carbocycles. The summed E-state index contributed by atoms with van der Waals surface area (Å²) >= 11 is 0. The molecule has 1 N–H and O–H groups in total. The third-order valence-corrected chi connectivity index (χ3v) is 3.75. The van der Waals surface area contributed by atoms with Gasteiger partial charge in [0.2, 0.25) is 0 Å². The van der Waals surface area contributed by atoms with Crippen LogP contribution in [0.3, 0.4) is 0 Å². The zero-order chi connectivity index (χ0) is 11.1. The van der Waals surface area contributed by atoms with Gasteiger partial charge >= 0.3 is 10.2 Å². The molecule has 5 heteroatoms. The number of aryl methyl sites for hydroxylation is 2. The third-order valence-electron chi connectivity index (χ3n) is 2.21. The molecule has 15 heavy (non-hydrogen) atoms. The number of nitrogens with one attached hydrogen (secondary N) is 1. The average molecular weight is 226 g/mol. The van der Waals surface area contributed by atoms with Crippen molar-refractivity contribution < 1.29 is 8.42 Å². The van der Waals surface area contributed by atoms with Gasteiger partial charge in [-0.1, -0.05) is 6.07 Å². The maximum Gasteiger partial charge on any atom is 0.301 e. The highest BCUT2D eigenvalue weighted by atomic mass is 32.2. The molecule has 1 heterocycles. The van der Waals surface area contributed by atoms with E-state index in [2.05, 4.69) is 4.72 Å². The van der Waals surface area contributed by atoms with Gasteiger partial charge < -0.3 is 0 Å². The summed E-state index contributed by atoms with van der Waals surface area (Å²) in [6.45, 7) is 5.14. The van der Waals surface area contributed by atoms with Crippen molar-refractivity contribution in [3.63, 3.8) is 0 Å². The molecule has 1 aliphatic heterocycles. The first-order chi connectivity index (χ1) is 6.97. The molecule has 0 spiro atoms. The number of hydrogen-bond donors (Lipinski definition) is 1. The summed E-state index contributed by atoms with van der Waals surface area (Å²) in [5.41, 5.74) is 2.75. The quantitative estimate of drug-likeness (QED) is 0.789. The monoisotopic (exact) mass is 226 g/mol. The summed E-state index contributed by atoms with van der Waals surface area (Å²) in [6, 6.07) is 5.66. The normalized spacial score (nSPS) is 16.4. The van der Waals surface area contributed by atoms with Crippen LogP contribution in [-0.4, -0.2) is 25.8 Å². The Balaban J connectivity index is 2.23. The van der Waals surface area contributed by atoms with Crippen LogP contribution in [-0.2, 0) is 10.2 Å². The zero-order valence-corrected chi connectivity index (χ0v) is 9.63. The zero-order valence-electron chi connectivity index (χ0n) is 8.82. The Labute approximate surface area is 90.1 Å². The summed E-state index contributed by atoms with van der Waals surface area (Å²) < 4.78 is 27.2. The minimum Gasteiger partial charge on any atom is -0.271 e. The molecule has 1 saturated heterocycles. The molecule has 0 radical (unpaired) electrons. The lowest BCUT2D eigenvalue weighted by Crippen LogP contribution is -2.20. The van der Waals surface area contributed by atoms with Crippen molar-refractivity contribution in [2.24, 2.45) is 0 Å². The predicted molar refractivity (Wildman–Crippen MR) is 60.0 cm³/mol. The van der Waals surface area contributed by atoms with Crippen molar-refractivity contribution in [2.45, 2.75) is 13.8 Å². The fourth-order valence-corrected chi connectivity index (χ4v) is 2.64. The van der Waals surface area contributed by atoms with E-state index in [1.165, 1.54) is 4.31 Å². The van der Waals surface area contributed by atoms with Crippen LogP contribution in [0.2, 0.25) is 0 Å². The highest BCUT2D eigenvalue weighted by molar-refractivity contribution is 7.90. The van der Waals surface area contributed by atoms with Crippen LogP contribution in [0.1, 0.15) is 11.1 Å². The van der Waals surface area contributed by atoms with Crippen molar-refractivity contribution in [1.29, 1.82) is 0 Å². The molecule has 0 aromatic heterocycles. The topological polar surface area (TPSA) is 49.2 Å². The standard InChI is InChI=1S/C10H14N2O2S/c1-8-5-9(2)7-10(6-8)11-15(13,14)12-3-4-12/h5-7,11H,3-4H2,1-2H3. The molecule has 4 nitrogen and oxygen atoms in total. The van der Waals surface area contributed by atoms with Crippen molar-refractivity contribution in [1.82, 2.24) is 4.31 Å². The minimum absolute atomic E-state index is 0.625. The molecule has 1 aliphatic rings. The summed E-state index contributed by atoms with van der Waals surface area (Å²) in [4.78, 5) is 0. The summed E-state index contributed by atoms with van der Waals surface area (Å²) in [6.07, 6.45) is 0. The Bertz CT molecular complexity index is 458. The summed E-state index contributed by atoms with van der Waals surface area (Å²) in [5.74, 6) is 0. The van der Waals surface area contributed by atoms with E-state index in [1.54, 1.807) is 0 Å². The number of nitrogens with zero attached hydrogens (tertiary/aromatic N) is 1. The predicted octanol–water partition coefficient (Wildman–Crippen LogP) is 1.28. The van der Waals surface area contributed by atoms with Crippen LogP contribution in [0, 0.1) is 13.8 Å². The van der Waals surface area contributed by atoms with Crippen molar-refractivity contribution in [3.8, 4) is 0 Å². The first-order valence-electron chi connectivity index (χ1n) is 4.83. The molecule has 0 amide bonds. The first-order valence-corrected chi connectivity index (χ1v) is 6.27. The van der Waals surface area contributed by atoms with Crippen molar-refractivity contribution >= 4 is 15.9 Å². The van der Waals surface area contributed by atoms with E-state index in [1.807, 2.05) is 32.0 Å². The Morgan fingerprint density at radius 2 is 1.67 bits per heavy atom. The van der Waals surface area contributed by atoms with E-state index in [9.17, 15) is 8.42 Å². The van der Waals surface area contributed by atoms with E-state index in [0.29, 0.717) is 18.8 Å². The van der Waals surface area contributed by atoms with Crippen LogP contribution < -0.4 is 4.72 Å². The maximum atomic E-state index is 11.6. The Hall–Kier alpha value is -1.07. The van der Waals surface area contributed by atoms with Crippen LogP contribution >= 0.6 is 0 Å². The molecular weight excluding hydrogens is 212 g/mol. The molecule has 82 valence electrons. The summed E-state index contributed by atoms with van der Waals surface area (Å²) in [5, 5.41) is 0. The summed E-state index contributed by atoms with van der Waals surface area (Å²) in [7, 11) is -3.29. The lowest BCUT2D eigenvalue weighted by atomic mass is 10.1. The first kappa shape index (κ1) is 10.4. The van der Waals surface area contributed by atoms with Gasteiger partial charge in [0.05, 0.1) is 5.69 Å². The van der Waals surface area contributed by atoms with Gasteiger partial charge in [-0.25, -0.2) is 0 Å². The van der Waals surface area contributed by atoms with Gasteiger partial charge in [-0.15, -0.1) is 0 Å². The Kier molecular flexibility index (Phi) is 2.44. The molecule has 1 fully saturated rings. The van der Waals surface area contributed by atoms with Gasteiger partial charge in [0.1, 0.15) is 0 Å². The second kappa shape index (κ2) is 3.50. The lowest BCUT2D eigenvalue weighted by molar-refractivity contribution is 0.569. The number of benzene rings is 1. The van der Waals surface area contributed by atoms with Crippen LogP contribution in [0.4, 0.5) is 5.69 Å². The molecule has 2 rings (SSSR count). The van der Waals surface area contributed by atoms with E-state index in [4.69, 9.17) is 0 Å². The lowest BCUT2D eigenvalue weighted by Gasteiger charge is -2.09. The van der Waals surface area contributed by atoms with Gasteiger partial charge in [0, 0.05) is 13.1 Å². The van der Waals surface area contributed by atoms with Crippen LogP contribution in [0.25, 0.3) is 0 Å². The van der Waals surface area contributed by atoms with E-state index < -0.39 is 10.2 Å². The third kappa shape index (κ3) is 2.49. The van der Waals surface area contributed by atoms with Crippen molar-refractivity contribution in [2.75, 3.05) is 17.8 Å². The molecule has 1 aromatic carbocycles. The minimum atomic E-state index is -3.29. The van der Waals surface area contributed by atoms with Gasteiger partial charge in [-0.3, -0.25) is 4.72 Å². The largest absolute Gasteiger partial charge is 0.301 e. The fraction of sp³-hybridized carbons (Fsp3) is 0.400. The number of anilines is 1. The van der Waals surface area contributed by atoms with E-state index in [-0.39, 0.29) is 0 Å². The van der Waals surface area contributed by atoms with Gasteiger partial charge in [0.25, 0.3) is 0 Å². The highest BCUT2D eigenvalue weighted by Gasteiger charge is 2.31. The second-order valence-electron chi connectivity index (χ2n) is 3.88. The average Bonchev–Trinajstić information content (AvgIpc) is 2.80. The van der Waals surface area contributed by atoms with Crippen LogP contribution in [0.15, 0.2) is 18.2 Å². The molecule has 1 aromatic rings. The molecule has 0 bridgehead atoms. The van der Waals surface area contributed by atoms with Gasteiger partial charge in [-0.2, -0.15) is 12.7 Å². The highest BCUT2D eigenvalue weighted by Crippen LogP contribution is 2.19. The Morgan fingerprint density at radius 1 is 1.13 bits per heavy atom. The molecule has 0 atom stereocenters. The number of rotatable bonds is 3. The second-order valence-corrected chi connectivity index (χ2v) is 5.55. The van der Waals surface area contributed by atoms with Crippen molar-refractivity contribution in [3.05, 3.63) is 29.3 Å². The van der Waals surface area contributed by atoms with E-state index in [0.717, 1.165) is 11.1 Å². The number of hydrogen-bond acceptors (Lipinski definition) is 2. The smallest absolute Gasteiger partial charge is 0.271 e. The maximum absolute atomic E-state index is 11.6. The van der Waals surface area contributed by atoms with Crippen LogP contribution in [0.5, 0.6) is 0 Å². The van der Waals surface area contributed by atoms with Gasteiger partial charge in [-0.05, 0) is 37.1 Å². The Morgan fingerprint density at radius 3 is 2.13 bits per heavy atom. The molecular formula is C10H14N2O2S. The molecule has 0 unspecified atom stereocenters.